The minimum absolute atomic E-state index is 0.123. The van der Waals surface area contributed by atoms with E-state index in [1.807, 2.05) is 0 Å². The van der Waals surface area contributed by atoms with Crippen molar-refractivity contribution in [3.63, 3.8) is 0 Å². The molecule has 1 aliphatic rings. The SMILES string of the molecule is C[C@]1(O)c2cc(Cl)ccc2NCCC1(F)F. The number of rotatable bonds is 0. The Kier molecular flexibility index (Phi) is 2.59. The molecule has 0 fully saturated rings. The van der Waals surface area contributed by atoms with Gasteiger partial charge in [0.05, 0.1) is 0 Å². The van der Waals surface area contributed by atoms with Crippen LogP contribution in [0.1, 0.15) is 18.9 Å². The molecule has 0 amide bonds. The molecule has 0 bridgehead atoms. The number of fused-ring (bicyclic) bond motifs is 1. The summed E-state index contributed by atoms with van der Waals surface area (Å²) in [5.74, 6) is -3.17. The summed E-state index contributed by atoms with van der Waals surface area (Å²) < 4.78 is 27.4. The van der Waals surface area contributed by atoms with Crippen molar-refractivity contribution in [2.45, 2.75) is 24.9 Å². The van der Waals surface area contributed by atoms with Crippen molar-refractivity contribution < 1.29 is 13.9 Å². The molecule has 0 aromatic heterocycles. The molecule has 5 heteroatoms. The van der Waals surface area contributed by atoms with Gasteiger partial charge in [0.1, 0.15) is 0 Å². The van der Waals surface area contributed by atoms with Crippen molar-refractivity contribution in [3.05, 3.63) is 28.8 Å². The van der Waals surface area contributed by atoms with Gasteiger partial charge in [-0.05, 0) is 25.1 Å². The van der Waals surface area contributed by atoms with Crippen molar-refractivity contribution >= 4 is 17.3 Å². The second kappa shape index (κ2) is 3.57. The Morgan fingerprint density at radius 2 is 2.12 bits per heavy atom. The molecular formula is C11H12ClF2NO. The molecule has 0 saturated carbocycles. The zero-order valence-corrected chi connectivity index (χ0v) is 9.48. The van der Waals surface area contributed by atoms with Crippen LogP contribution in [-0.4, -0.2) is 17.6 Å². The fourth-order valence-electron chi connectivity index (χ4n) is 1.87. The number of aliphatic hydroxyl groups is 1. The van der Waals surface area contributed by atoms with Gasteiger partial charge in [-0.15, -0.1) is 0 Å². The Balaban J connectivity index is 2.61. The monoisotopic (exact) mass is 247 g/mol. The molecule has 1 aromatic rings. The van der Waals surface area contributed by atoms with Crippen molar-refractivity contribution in [1.82, 2.24) is 0 Å². The van der Waals surface area contributed by atoms with Crippen LogP contribution in [-0.2, 0) is 5.60 Å². The van der Waals surface area contributed by atoms with Gasteiger partial charge in [-0.2, -0.15) is 0 Å². The van der Waals surface area contributed by atoms with Crippen molar-refractivity contribution in [2.75, 3.05) is 11.9 Å². The second-order valence-corrected chi connectivity index (χ2v) is 4.58. The zero-order valence-electron chi connectivity index (χ0n) is 8.73. The van der Waals surface area contributed by atoms with E-state index in [0.717, 1.165) is 6.92 Å². The molecule has 2 nitrogen and oxygen atoms in total. The first-order valence-electron chi connectivity index (χ1n) is 4.99. The van der Waals surface area contributed by atoms with Crippen molar-refractivity contribution in [1.29, 1.82) is 0 Å². The Labute approximate surface area is 97.2 Å². The van der Waals surface area contributed by atoms with Crippen molar-refractivity contribution in [3.8, 4) is 0 Å². The molecule has 2 rings (SSSR count). The fraction of sp³-hybridized carbons (Fsp3) is 0.455. The molecular weight excluding hydrogens is 236 g/mol. The maximum Gasteiger partial charge on any atom is 0.281 e. The molecule has 1 aromatic carbocycles. The largest absolute Gasteiger partial charge is 0.385 e. The van der Waals surface area contributed by atoms with Gasteiger partial charge in [0.2, 0.25) is 0 Å². The van der Waals surface area contributed by atoms with E-state index >= 15 is 0 Å². The summed E-state index contributed by atoms with van der Waals surface area (Å²) in [5.41, 5.74) is -1.55. The smallest absolute Gasteiger partial charge is 0.281 e. The number of hydrogen-bond acceptors (Lipinski definition) is 2. The molecule has 1 aliphatic heterocycles. The van der Waals surface area contributed by atoms with Crippen LogP contribution < -0.4 is 5.32 Å². The molecule has 0 spiro atoms. The van der Waals surface area contributed by atoms with Crippen LogP contribution in [0.3, 0.4) is 0 Å². The maximum absolute atomic E-state index is 13.7. The maximum atomic E-state index is 13.7. The normalized spacial score (nSPS) is 27.8. The third-order valence-corrected chi connectivity index (χ3v) is 3.21. The first-order chi connectivity index (χ1) is 7.34. The average molecular weight is 248 g/mol. The van der Waals surface area contributed by atoms with E-state index < -0.39 is 17.9 Å². The van der Waals surface area contributed by atoms with Crippen LogP contribution in [0.4, 0.5) is 14.5 Å². The second-order valence-electron chi connectivity index (χ2n) is 4.14. The average Bonchev–Trinajstić information content (AvgIpc) is 2.26. The van der Waals surface area contributed by atoms with Gasteiger partial charge >= 0.3 is 0 Å². The van der Waals surface area contributed by atoms with Crippen molar-refractivity contribution in [2.24, 2.45) is 0 Å². The number of anilines is 1. The van der Waals surface area contributed by atoms with Gasteiger partial charge < -0.3 is 10.4 Å². The van der Waals surface area contributed by atoms with Gasteiger partial charge in [0.15, 0.2) is 5.60 Å². The van der Waals surface area contributed by atoms with Gasteiger partial charge in [0, 0.05) is 29.2 Å². The highest BCUT2D eigenvalue weighted by Gasteiger charge is 2.51. The van der Waals surface area contributed by atoms with Crippen LogP contribution in [0.15, 0.2) is 18.2 Å². The van der Waals surface area contributed by atoms with Crippen LogP contribution in [0.5, 0.6) is 0 Å². The Bertz CT molecular complexity index is 420. The Hall–Kier alpha value is -0.870. The predicted octanol–water partition coefficient (Wildman–Crippen LogP) is 3.00. The lowest BCUT2D eigenvalue weighted by atomic mass is 9.87. The highest BCUT2D eigenvalue weighted by molar-refractivity contribution is 6.30. The van der Waals surface area contributed by atoms with Gasteiger partial charge in [-0.25, -0.2) is 8.78 Å². The minimum Gasteiger partial charge on any atom is -0.385 e. The van der Waals surface area contributed by atoms with Crippen LogP contribution >= 0.6 is 11.6 Å². The van der Waals surface area contributed by atoms with Gasteiger partial charge in [-0.1, -0.05) is 11.6 Å². The molecule has 16 heavy (non-hydrogen) atoms. The number of halogens is 3. The van der Waals surface area contributed by atoms with E-state index in [2.05, 4.69) is 5.32 Å². The number of benzene rings is 1. The topological polar surface area (TPSA) is 32.3 Å². The molecule has 1 heterocycles. The third-order valence-electron chi connectivity index (χ3n) is 2.97. The summed E-state index contributed by atoms with van der Waals surface area (Å²) in [7, 11) is 0. The summed E-state index contributed by atoms with van der Waals surface area (Å²) in [6.45, 7) is 1.24. The lowest BCUT2D eigenvalue weighted by Crippen LogP contribution is -2.42. The summed E-state index contributed by atoms with van der Waals surface area (Å²) in [4.78, 5) is 0. The quantitative estimate of drug-likeness (QED) is 0.739. The zero-order chi connectivity index (χ0) is 12.0. The molecule has 2 N–H and O–H groups in total. The lowest BCUT2D eigenvalue weighted by Gasteiger charge is -2.31. The molecule has 0 unspecified atom stereocenters. The first-order valence-corrected chi connectivity index (χ1v) is 5.36. The van der Waals surface area contributed by atoms with E-state index in [1.165, 1.54) is 6.07 Å². The van der Waals surface area contributed by atoms with E-state index in [9.17, 15) is 13.9 Å². The fourth-order valence-corrected chi connectivity index (χ4v) is 2.04. The van der Waals surface area contributed by atoms with E-state index in [4.69, 9.17) is 11.6 Å². The Morgan fingerprint density at radius 1 is 1.44 bits per heavy atom. The molecule has 0 aliphatic carbocycles. The first kappa shape index (κ1) is 11.6. The summed E-state index contributed by atoms with van der Waals surface area (Å²) in [6.07, 6.45) is -0.410. The highest BCUT2D eigenvalue weighted by Crippen LogP contribution is 2.45. The molecule has 1 atom stereocenters. The van der Waals surface area contributed by atoms with E-state index in [-0.39, 0.29) is 12.1 Å². The summed E-state index contributed by atoms with van der Waals surface area (Å²) >= 11 is 5.77. The third kappa shape index (κ3) is 1.66. The molecule has 88 valence electrons. The Morgan fingerprint density at radius 3 is 2.81 bits per heavy atom. The van der Waals surface area contributed by atoms with Gasteiger partial charge in [-0.3, -0.25) is 0 Å². The highest BCUT2D eigenvalue weighted by atomic mass is 35.5. The standard InChI is InChI=1S/C11H12ClF2NO/c1-10(16)8-6-7(12)2-3-9(8)15-5-4-11(10,13)14/h2-3,6,15-16H,4-5H2,1H3/t10-/m0/s1. The van der Waals surface area contributed by atoms with Crippen LogP contribution in [0.2, 0.25) is 5.02 Å². The summed E-state index contributed by atoms with van der Waals surface area (Å²) in [6, 6.07) is 4.59. The minimum atomic E-state index is -3.17. The van der Waals surface area contributed by atoms with Crippen LogP contribution in [0.25, 0.3) is 0 Å². The number of alkyl halides is 2. The van der Waals surface area contributed by atoms with Gasteiger partial charge in [0.25, 0.3) is 5.92 Å². The number of nitrogens with one attached hydrogen (secondary N) is 1. The lowest BCUT2D eigenvalue weighted by molar-refractivity contribution is -0.177. The van der Waals surface area contributed by atoms with E-state index in [0.29, 0.717) is 10.7 Å². The summed E-state index contributed by atoms with van der Waals surface area (Å²) in [5, 5.41) is 13.2. The number of hydrogen-bond donors (Lipinski definition) is 2. The predicted molar refractivity (Wildman–Crippen MR) is 59.1 cm³/mol. The van der Waals surface area contributed by atoms with E-state index in [1.54, 1.807) is 12.1 Å². The molecule has 0 radical (unpaired) electrons. The van der Waals surface area contributed by atoms with Crippen LogP contribution in [0, 0.1) is 0 Å². The molecule has 0 saturated heterocycles.